The summed E-state index contributed by atoms with van der Waals surface area (Å²) in [7, 11) is 3.45. The van der Waals surface area contributed by atoms with Crippen LogP contribution in [0, 0.1) is 46.3 Å². The Kier molecular flexibility index (Phi) is 13.9. The van der Waals surface area contributed by atoms with Gasteiger partial charge in [0.2, 0.25) is 0 Å². The first-order valence-corrected chi connectivity index (χ1v) is 20.7. The highest BCUT2D eigenvalue weighted by atomic mass is 19.4. The molecule has 0 aliphatic heterocycles. The summed E-state index contributed by atoms with van der Waals surface area (Å²) < 4.78 is 76.8. The van der Waals surface area contributed by atoms with Crippen molar-refractivity contribution in [2.45, 2.75) is 136 Å². The van der Waals surface area contributed by atoms with Crippen molar-refractivity contribution in [1.82, 2.24) is 0 Å². The first kappa shape index (κ1) is 44.6. The molecule has 0 spiro atoms. The summed E-state index contributed by atoms with van der Waals surface area (Å²) in [6.45, 7) is 12.8. The number of benzene rings is 1. The maximum atomic E-state index is 14.8. The normalized spacial score (nSPS) is 30.9. The standard InChI is InChI=1S/C45H63F3O9/c1-10-11-15-29(24-37(27(2)3)56-39(49)44(54-9,45(46,47)48)30-16-13-12-14-17-30)28(4)34-20-21-35-33-19-18-31-25-32(55-40(50)52-7)26-38(57-41(51)53-8)43(31,6)36(33)22-23-42(34,35)5/h12-14,16-19,27-29,32,34-38H,10-11,15,20-26H2,1-9H3/t28-,29-,32-,34-,35+,36+,37-,38+,42-,43+,44+/m1/s1. The van der Waals surface area contributed by atoms with Gasteiger partial charge in [-0.2, -0.15) is 13.2 Å². The number of hydrogen-bond acceptors (Lipinski definition) is 9. The summed E-state index contributed by atoms with van der Waals surface area (Å²) in [4.78, 5) is 38.5. The zero-order valence-electron chi connectivity index (χ0n) is 35.1. The van der Waals surface area contributed by atoms with E-state index in [1.165, 1.54) is 44.1 Å². The number of methoxy groups -OCH3 is 3. The molecule has 4 aliphatic carbocycles. The Morgan fingerprint density at radius 3 is 2.16 bits per heavy atom. The lowest BCUT2D eigenvalue weighted by atomic mass is 9.49. The van der Waals surface area contributed by atoms with E-state index in [-0.39, 0.29) is 40.6 Å². The molecule has 3 fully saturated rings. The molecular weight excluding hydrogens is 741 g/mol. The monoisotopic (exact) mass is 804 g/mol. The third-order valence-electron chi connectivity index (χ3n) is 14.5. The highest BCUT2D eigenvalue weighted by Crippen LogP contribution is 2.67. The number of esters is 1. The van der Waals surface area contributed by atoms with Crippen LogP contribution in [-0.4, -0.2) is 64.1 Å². The molecule has 0 N–H and O–H groups in total. The van der Waals surface area contributed by atoms with Gasteiger partial charge in [0, 0.05) is 30.9 Å². The highest BCUT2D eigenvalue weighted by Gasteiger charge is 2.65. The number of fused-ring (bicyclic) bond motifs is 5. The molecule has 57 heavy (non-hydrogen) atoms. The molecule has 1 aromatic carbocycles. The van der Waals surface area contributed by atoms with Gasteiger partial charge in [0.05, 0.1) is 14.2 Å². The number of rotatable bonds is 14. The molecule has 0 radical (unpaired) electrons. The van der Waals surface area contributed by atoms with E-state index >= 15 is 0 Å². The van der Waals surface area contributed by atoms with Crippen LogP contribution in [0.25, 0.3) is 0 Å². The summed E-state index contributed by atoms with van der Waals surface area (Å²) in [6, 6.07) is 6.99. The third kappa shape index (κ3) is 8.35. The van der Waals surface area contributed by atoms with Crippen LogP contribution in [0.5, 0.6) is 0 Å². The molecule has 4 aliphatic rings. The minimum absolute atomic E-state index is 0.0450. The van der Waals surface area contributed by atoms with Crippen molar-refractivity contribution in [2.24, 2.45) is 46.3 Å². The van der Waals surface area contributed by atoms with Crippen molar-refractivity contribution in [2.75, 3.05) is 21.3 Å². The maximum absolute atomic E-state index is 14.8. The first-order valence-electron chi connectivity index (χ1n) is 20.7. The lowest BCUT2D eigenvalue weighted by Crippen LogP contribution is -2.54. The molecule has 0 saturated heterocycles. The fourth-order valence-electron chi connectivity index (χ4n) is 11.3. The molecule has 0 amide bonds. The van der Waals surface area contributed by atoms with Gasteiger partial charge in [-0.05, 0) is 73.0 Å². The molecule has 0 aromatic heterocycles. The summed E-state index contributed by atoms with van der Waals surface area (Å²) in [6.07, 6.45) is 3.83. The average molecular weight is 805 g/mol. The van der Waals surface area contributed by atoms with Crippen molar-refractivity contribution in [3.8, 4) is 0 Å². The van der Waals surface area contributed by atoms with E-state index in [0.717, 1.165) is 57.6 Å². The van der Waals surface area contributed by atoms with Gasteiger partial charge in [-0.1, -0.05) is 114 Å². The van der Waals surface area contributed by atoms with Crippen LogP contribution in [0.1, 0.15) is 111 Å². The second kappa shape index (κ2) is 17.8. The third-order valence-corrected chi connectivity index (χ3v) is 14.5. The van der Waals surface area contributed by atoms with Crippen molar-refractivity contribution >= 4 is 18.3 Å². The number of ether oxygens (including phenoxy) is 6. The molecular formula is C45H63F3O9. The van der Waals surface area contributed by atoms with Crippen molar-refractivity contribution in [1.29, 1.82) is 0 Å². The molecule has 5 rings (SSSR count). The lowest BCUT2D eigenvalue weighted by molar-refractivity contribution is -0.279. The van der Waals surface area contributed by atoms with Crippen LogP contribution >= 0.6 is 0 Å². The molecule has 0 heterocycles. The van der Waals surface area contributed by atoms with Gasteiger partial charge < -0.3 is 28.4 Å². The molecule has 0 unspecified atom stereocenters. The Morgan fingerprint density at radius 2 is 1.56 bits per heavy atom. The van der Waals surface area contributed by atoms with Crippen LogP contribution < -0.4 is 0 Å². The predicted octanol–water partition coefficient (Wildman–Crippen LogP) is 10.9. The Labute approximate surface area is 336 Å². The quantitative estimate of drug-likeness (QED) is 0.134. The van der Waals surface area contributed by atoms with E-state index in [2.05, 4.69) is 39.8 Å². The number of halogens is 3. The average Bonchev–Trinajstić information content (AvgIpc) is 3.53. The van der Waals surface area contributed by atoms with Crippen molar-refractivity contribution in [3.63, 3.8) is 0 Å². The van der Waals surface area contributed by atoms with E-state index in [1.807, 2.05) is 13.8 Å². The Balaban J connectivity index is 1.41. The largest absolute Gasteiger partial charge is 0.508 e. The summed E-state index contributed by atoms with van der Waals surface area (Å²) in [5.41, 5.74) is -1.70. The zero-order valence-corrected chi connectivity index (χ0v) is 35.1. The number of carbonyl (C=O) groups is 3. The molecule has 3 saturated carbocycles. The van der Waals surface area contributed by atoms with E-state index < -0.39 is 53.8 Å². The van der Waals surface area contributed by atoms with E-state index in [9.17, 15) is 27.6 Å². The first-order chi connectivity index (χ1) is 26.9. The SMILES string of the molecule is CCCC[C@H](C[C@@H](OC(=O)[C@@](OC)(c1ccccc1)C(F)(F)F)C(C)C)[C@@H](C)[C@H]1CC[C@H]2C3=CC=C4C[C@@H](OC(=O)OC)C[C@H](OC(=O)OC)[C@]4(C)[C@H]3CC[C@]12C. The van der Waals surface area contributed by atoms with Crippen molar-refractivity contribution < 1.29 is 56.0 Å². The Morgan fingerprint density at radius 1 is 0.895 bits per heavy atom. The molecule has 1 aromatic rings. The van der Waals surface area contributed by atoms with Gasteiger partial charge in [-0.25, -0.2) is 14.4 Å². The summed E-state index contributed by atoms with van der Waals surface area (Å²) in [5.74, 6) is -0.634. The van der Waals surface area contributed by atoms with E-state index in [0.29, 0.717) is 25.2 Å². The maximum Gasteiger partial charge on any atom is 0.508 e. The summed E-state index contributed by atoms with van der Waals surface area (Å²) in [5, 5.41) is 0. The topological polar surface area (TPSA) is 107 Å². The molecule has 12 heteroatoms. The second-order valence-electron chi connectivity index (χ2n) is 17.6. The number of alkyl halides is 3. The molecule has 9 nitrogen and oxygen atoms in total. The Bertz CT molecular complexity index is 1640. The summed E-state index contributed by atoms with van der Waals surface area (Å²) >= 11 is 0. The van der Waals surface area contributed by atoms with Gasteiger partial charge in [0.25, 0.3) is 5.60 Å². The number of allylic oxidation sites excluding steroid dienone is 3. The van der Waals surface area contributed by atoms with Gasteiger partial charge in [0.15, 0.2) is 0 Å². The number of hydrogen-bond donors (Lipinski definition) is 0. The van der Waals surface area contributed by atoms with Crippen LogP contribution in [0.15, 0.2) is 53.6 Å². The van der Waals surface area contributed by atoms with Crippen LogP contribution in [-0.2, 0) is 38.8 Å². The molecule has 318 valence electrons. The number of unbranched alkanes of at least 4 members (excludes halogenated alkanes) is 1. The molecule has 11 atom stereocenters. The van der Waals surface area contributed by atoms with Crippen LogP contribution in [0.2, 0.25) is 0 Å². The van der Waals surface area contributed by atoms with E-state index in [4.69, 9.17) is 28.4 Å². The zero-order chi connectivity index (χ0) is 41.9. The Hall–Kier alpha value is -3.54. The predicted molar refractivity (Wildman–Crippen MR) is 208 cm³/mol. The van der Waals surface area contributed by atoms with E-state index in [1.54, 1.807) is 6.07 Å². The smallest absolute Gasteiger partial charge is 0.459 e. The fourth-order valence-corrected chi connectivity index (χ4v) is 11.3. The minimum Gasteiger partial charge on any atom is -0.459 e. The molecule has 0 bridgehead atoms. The minimum atomic E-state index is -5.05. The van der Waals surface area contributed by atoms with Crippen LogP contribution in [0.4, 0.5) is 22.8 Å². The lowest BCUT2D eigenvalue weighted by Gasteiger charge is -2.57. The van der Waals surface area contributed by atoms with Crippen molar-refractivity contribution in [3.05, 3.63) is 59.2 Å². The van der Waals surface area contributed by atoms with Gasteiger partial charge in [-0.15, -0.1) is 0 Å². The van der Waals surface area contributed by atoms with Gasteiger partial charge in [0.1, 0.15) is 18.3 Å². The second-order valence-corrected chi connectivity index (χ2v) is 17.6. The number of carbonyl (C=O) groups excluding carboxylic acids is 3. The highest BCUT2D eigenvalue weighted by molar-refractivity contribution is 5.83. The van der Waals surface area contributed by atoms with Gasteiger partial charge in [-0.3, -0.25) is 0 Å². The fraction of sp³-hybridized carbons (Fsp3) is 0.711. The van der Waals surface area contributed by atoms with Gasteiger partial charge >= 0.3 is 24.5 Å². The van der Waals surface area contributed by atoms with Crippen LogP contribution in [0.3, 0.4) is 0 Å².